The van der Waals surface area contributed by atoms with E-state index in [1.165, 1.54) is 24.4 Å². The molecule has 1 N–H and O–H groups in total. The lowest BCUT2D eigenvalue weighted by Gasteiger charge is -2.00. The Labute approximate surface area is 167 Å². The lowest BCUT2D eigenvalue weighted by Crippen LogP contribution is -2.19. The van der Waals surface area contributed by atoms with Gasteiger partial charge in [0.2, 0.25) is 5.91 Å². The van der Waals surface area contributed by atoms with Crippen LogP contribution in [0.3, 0.4) is 0 Å². The van der Waals surface area contributed by atoms with Crippen molar-refractivity contribution in [3.8, 4) is 11.3 Å². The topological polar surface area (TPSA) is 97.7 Å². The average Bonchev–Trinajstić information content (AvgIpc) is 3.12. The van der Waals surface area contributed by atoms with Gasteiger partial charge >= 0.3 is 0 Å². The summed E-state index contributed by atoms with van der Waals surface area (Å²) in [4.78, 5) is 22.3. The first-order chi connectivity index (χ1) is 13.4. The Morgan fingerprint density at radius 2 is 1.96 bits per heavy atom. The molecule has 0 spiro atoms. The highest BCUT2D eigenvalue weighted by Gasteiger charge is 2.19. The van der Waals surface area contributed by atoms with Gasteiger partial charge in [-0.05, 0) is 42.0 Å². The van der Waals surface area contributed by atoms with Crippen LogP contribution in [0.4, 0.5) is 10.1 Å². The van der Waals surface area contributed by atoms with E-state index < -0.39 is 16.4 Å². The third-order valence-electron chi connectivity index (χ3n) is 3.71. The van der Waals surface area contributed by atoms with Crippen LogP contribution in [-0.2, 0) is 11.2 Å². The monoisotopic (exact) mass is 445 g/mol. The van der Waals surface area contributed by atoms with Gasteiger partial charge in [-0.1, -0.05) is 28.1 Å². The molecule has 28 heavy (non-hydrogen) atoms. The summed E-state index contributed by atoms with van der Waals surface area (Å²) in [5, 5.41) is 14.9. The second-order valence-electron chi connectivity index (χ2n) is 5.72. The number of carbonyl (C=O) groups excluding carboxylic acids is 1. The Balaban J connectivity index is 1.65. The number of carbonyl (C=O) groups is 1. The van der Waals surface area contributed by atoms with Crippen LogP contribution < -0.4 is 5.43 Å². The first kappa shape index (κ1) is 19.4. The minimum Gasteiger partial charge on any atom is -0.455 e. The van der Waals surface area contributed by atoms with Crippen LogP contribution in [-0.4, -0.2) is 17.0 Å². The molecule has 0 saturated carbocycles. The fourth-order valence-corrected chi connectivity index (χ4v) is 2.69. The zero-order valence-corrected chi connectivity index (χ0v) is 15.8. The summed E-state index contributed by atoms with van der Waals surface area (Å²) in [6, 6.07) is 13.6. The van der Waals surface area contributed by atoms with E-state index >= 15 is 0 Å². The molecule has 0 aliphatic rings. The Bertz CT molecular complexity index is 1050. The number of nitro groups is 1. The summed E-state index contributed by atoms with van der Waals surface area (Å²) in [5.41, 5.74) is 2.96. The zero-order valence-electron chi connectivity index (χ0n) is 14.3. The number of nitrogens with zero attached hydrogens (tertiary/aromatic N) is 2. The van der Waals surface area contributed by atoms with Crippen LogP contribution in [0.1, 0.15) is 11.3 Å². The van der Waals surface area contributed by atoms with E-state index in [9.17, 15) is 19.3 Å². The second kappa shape index (κ2) is 8.57. The molecule has 3 aromatic rings. The number of halogens is 2. The second-order valence-corrected chi connectivity index (χ2v) is 6.63. The van der Waals surface area contributed by atoms with Crippen molar-refractivity contribution >= 4 is 33.7 Å². The van der Waals surface area contributed by atoms with E-state index in [2.05, 4.69) is 26.5 Å². The van der Waals surface area contributed by atoms with Gasteiger partial charge in [0, 0.05) is 4.47 Å². The number of rotatable bonds is 6. The predicted molar refractivity (Wildman–Crippen MR) is 104 cm³/mol. The van der Waals surface area contributed by atoms with E-state index in [1.54, 1.807) is 0 Å². The predicted octanol–water partition coefficient (Wildman–Crippen LogP) is 4.45. The smallest absolute Gasteiger partial charge is 0.283 e. The lowest BCUT2D eigenvalue weighted by molar-refractivity contribution is -0.384. The molecular formula is C19H13BrFN3O4. The lowest BCUT2D eigenvalue weighted by atomic mass is 10.1. The Morgan fingerprint density at radius 3 is 2.68 bits per heavy atom. The maximum atomic E-state index is 13.2. The molecule has 0 fully saturated rings. The van der Waals surface area contributed by atoms with Gasteiger partial charge in [0.15, 0.2) is 0 Å². The quantitative estimate of drug-likeness (QED) is 0.344. The number of furan rings is 1. The van der Waals surface area contributed by atoms with Crippen LogP contribution in [0.5, 0.6) is 0 Å². The highest BCUT2D eigenvalue weighted by Crippen LogP contribution is 2.31. The van der Waals surface area contributed by atoms with Crippen LogP contribution in [0, 0.1) is 15.9 Å². The molecule has 1 heterocycles. The minimum atomic E-state index is -0.711. The highest BCUT2D eigenvalue weighted by molar-refractivity contribution is 9.10. The van der Waals surface area contributed by atoms with Crippen molar-refractivity contribution in [3.05, 3.63) is 86.3 Å². The van der Waals surface area contributed by atoms with Crippen LogP contribution in [0.25, 0.3) is 11.3 Å². The standard InChI is InChI=1S/C19H13BrFN3O4/c20-13-3-1-12(2-4-13)9-19(25)23-22-11-15-6-8-18(28-15)16-7-5-14(21)10-17(16)24(26)27/h1-8,10-11H,9H2,(H,23,25)/b22-11+. The summed E-state index contributed by atoms with van der Waals surface area (Å²) >= 11 is 3.32. The van der Waals surface area contributed by atoms with Gasteiger partial charge < -0.3 is 4.42 Å². The molecular weight excluding hydrogens is 433 g/mol. The third-order valence-corrected chi connectivity index (χ3v) is 4.24. The van der Waals surface area contributed by atoms with E-state index in [-0.39, 0.29) is 29.4 Å². The molecule has 0 unspecified atom stereocenters. The number of hydrazone groups is 1. The normalized spacial score (nSPS) is 10.9. The number of hydrogen-bond donors (Lipinski definition) is 1. The van der Waals surface area contributed by atoms with Crippen molar-refractivity contribution in [1.82, 2.24) is 5.43 Å². The van der Waals surface area contributed by atoms with E-state index in [1.807, 2.05) is 24.3 Å². The summed E-state index contributed by atoms with van der Waals surface area (Å²) in [6.45, 7) is 0. The first-order valence-corrected chi connectivity index (χ1v) is 8.82. The van der Waals surface area contributed by atoms with Gasteiger partial charge in [-0.3, -0.25) is 14.9 Å². The van der Waals surface area contributed by atoms with Gasteiger partial charge in [-0.25, -0.2) is 9.82 Å². The zero-order chi connectivity index (χ0) is 20.1. The molecule has 142 valence electrons. The van der Waals surface area contributed by atoms with Crippen LogP contribution >= 0.6 is 15.9 Å². The number of nitrogens with one attached hydrogen (secondary N) is 1. The average molecular weight is 446 g/mol. The third kappa shape index (κ3) is 4.89. The number of amides is 1. The maximum Gasteiger partial charge on any atom is 0.283 e. The Morgan fingerprint density at radius 1 is 1.21 bits per heavy atom. The number of benzene rings is 2. The summed E-state index contributed by atoms with van der Waals surface area (Å²) in [7, 11) is 0. The van der Waals surface area contributed by atoms with E-state index in [0.29, 0.717) is 0 Å². The summed E-state index contributed by atoms with van der Waals surface area (Å²) in [5.74, 6) is -0.552. The molecule has 9 heteroatoms. The Hall–Kier alpha value is -3.33. The van der Waals surface area contributed by atoms with Gasteiger partial charge in [-0.2, -0.15) is 5.10 Å². The van der Waals surface area contributed by atoms with Crippen molar-refractivity contribution in [2.75, 3.05) is 0 Å². The van der Waals surface area contributed by atoms with Crippen molar-refractivity contribution in [2.24, 2.45) is 5.10 Å². The molecule has 1 amide bonds. The fourth-order valence-electron chi connectivity index (χ4n) is 2.43. The summed E-state index contributed by atoms with van der Waals surface area (Å²) in [6.07, 6.45) is 1.44. The van der Waals surface area contributed by atoms with Gasteiger partial charge in [0.1, 0.15) is 17.3 Å². The van der Waals surface area contributed by atoms with Crippen molar-refractivity contribution in [3.63, 3.8) is 0 Å². The molecule has 1 aromatic heterocycles. The highest BCUT2D eigenvalue weighted by atomic mass is 79.9. The molecule has 0 aliphatic heterocycles. The number of hydrogen-bond acceptors (Lipinski definition) is 5. The van der Waals surface area contributed by atoms with Crippen LogP contribution in [0.2, 0.25) is 0 Å². The molecule has 0 bridgehead atoms. The molecule has 0 radical (unpaired) electrons. The van der Waals surface area contributed by atoms with Crippen LogP contribution in [0.15, 0.2) is 68.6 Å². The molecule has 0 aliphatic carbocycles. The largest absolute Gasteiger partial charge is 0.455 e. The molecule has 0 saturated heterocycles. The first-order valence-electron chi connectivity index (χ1n) is 8.03. The van der Waals surface area contributed by atoms with Crippen molar-refractivity contribution in [2.45, 2.75) is 6.42 Å². The molecule has 3 rings (SSSR count). The summed E-state index contributed by atoms with van der Waals surface area (Å²) < 4.78 is 19.6. The van der Waals surface area contributed by atoms with Gasteiger partial charge in [0.05, 0.1) is 29.2 Å². The fraction of sp³-hybridized carbons (Fsp3) is 0.0526. The van der Waals surface area contributed by atoms with Crippen molar-refractivity contribution in [1.29, 1.82) is 0 Å². The van der Waals surface area contributed by atoms with E-state index in [4.69, 9.17) is 4.42 Å². The molecule has 7 nitrogen and oxygen atoms in total. The van der Waals surface area contributed by atoms with Gasteiger partial charge in [0.25, 0.3) is 5.69 Å². The molecule has 0 atom stereocenters. The maximum absolute atomic E-state index is 13.2. The SMILES string of the molecule is O=C(Cc1ccc(Br)cc1)N/N=C/c1ccc(-c2ccc(F)cc2[N+](=O)[O-])o1. The number of nitro benzene ring substituents is 1. The van der Waals surface area contributed by atoms with Gasteiger partial charge in [-0.15, -0.1) is 0 Å². The van der Waals surface area contributed by atoms with E-state index in [0.717, 1.165) is 22.2 Å². The van der Waals surface area contributed by atoms with Crippen molar-refractivity contribution < 1.29 is 18.5 Å². The molecule has 2 aromatic carbocycles. The Kier molecular flexibility index (Phi) is 5.95. The minimum absolute atomic E-state index is 0.144.